The van der Waals surface area contributed by atoms with Crippen LogP contribution in [0.3, 0.4) is 0 Å². The number of anilines is 1. The van der Waals surface area contributed by atoms with E-state index in [2.05, 4.69) is 29.2 Å². The molecule has 1 atom stereocenters. The monoisotopic (exact) mass is 395 g/mol. The number of ether oxygens (including phenoxy) is 1. The minimum absolute atomic E-state index is 0.0172. The van der Waals surface area contributed by atoms with Crippen molar-refractivity contribution >= 4 is 17.5 Å². The van der Waals surface area contributed by atoms with Gasteiger partial charge >= 0.3 is 0 Å². The van der Waals surface area contributed by atoms with E-state index in [0.717, 1.165) is 37.2 Å². The molecule has 3 rings (SSSR count). The van der Waals surface area contributed by atoms with Gasteiger partial charge in [-0.15, -0.1) is 0 Å². The molecule has 1 unspecified atom stereocenters. The number of hydrogen-bond acceptors (Lipinski definition) is 4. The van der Waals surface area contributed by atoms with Gasteiger partial charge in [-0.3, -0.25) is 14.5 Å². The maximum Gasteiger partial charge on any atom is 0.241 e. The molecule has 1 aliphatic rings. The molecule has 2 aromatic rings. The summed E-state index contributed by atoms with van der Waals surface area (Å²) in [6, 6.07) is 18.0. The fourth-order valence-electron chi connectivity index (χ4n) is 3.86. The predicted molar refractivity (Wildman–Crippen MR) is 114 cm³/mol. The van der Waals surface area contributed by atoms with Crippen molar-refractivity contribution in [3.8, 4) is 5.75 Å². The van der Waals surface area contributed by atoms with Crippen LogP contribution >= 0.6 is 0 Å². The number of likely N-dealkylation sites (tertiary alicyclic amines) is 1. The minimum atomic E-state index is -0.417. The SMILES string of the molecule is COc1ccc(N(CCC(N)=O)C(=O)CN2CCCC2Cc2ccccc2)cc1. The first-order valence-corrected chi connectivity index (χ1v) is 10.1. The van der Waals surface area contributed by atoms with Crippen molar-refractivity contribution in [1.29, 1.82) is 0 Å². The number of benzene rings is 2. The van der Waals surface area contributed by atoms with Gasteiger partial charge in [0.05, 0.1) is 13.7 Å². The summed E-state index contributed by atoms with van der Waals surface area (Å²) in [4.78, 5) is 28.4. The third-order valence-electron chi connectivity index (χ3n) is 5.42. The van der Waals surface area contributed by atoms with Crippen LogP contribution in [-0.2, 0) is 16.0 Å². The highest BCUT2D eigenvalue weighted by Crippen LogP contribution is 2.23. The van der Waals surface area contributed by atoms with Gasteiger partial charge in [-0.1, -0.05) is 30.3 Å². The summed E-state index contributed by atoms with van der Waals surface area (Å²) in [5.74, 6) is 0.286. The zero-order chi connectivity index (χ0) is 20.6. The zero-order valence-corrected chi connectivity index (χ0v) is 16.9. The normalized spacial score (nSPS) is 16.5. The number of amides is 2. The molecule has 2 N–H and O–H groups in total. The largest absolute Gasteiger partial charge is 0.497 e. The van der Waals surface area contributed by atoms with Gasteiger partial charge in [0, 0.05) is 24.7 Å². The molecule has 1 saturated heterocycles. The number of nitrogens with two attached hydrogens (primary N) is 1. The highest BCUT2D eigenvalue weighted by molar-refractivity contribution is 5.95. The van der Waals surface area contributed by atoms with Crippen LogP contribution in [0.15, 0.2) is 54.6 Å². The Morgan fingerprint density at radius 2 is 1.86 bits per heavy atom. The van der Waals surface area contributed by atoms with Crippen molar-refractivity contribution in [3.05, 3.63) is 60.2 Å². The molecule has 154 valence electrons. The molecular formula is C23H29N3O3. The lowest BCUT2D eigenvalue weighted by molar-refractivity contribution is -0.120. The van der Waals surface area contributed by atoms with Crippen LogP contribution in [0.2, 0.25) is 0 Å². The lowest BCUT2D eigenvalue weighted by Crippen LogP contribution is -2.44. The Labute approximate surface area is 172 Å². The zero-order valence-electron chi connectivity index (χ0n) is 16.9. The van der Waals surface area contributed by atoms with Crippen LogP contribution in [0.1, 0.15) is 24.8 Å². The Bertz CT molecular complexity index is 808. The first-order valence-electron chi connectivity index (χ1n) is 10.1. The maximum absolute atomic E-state index is 13.2. The van der Waals surface area contributed by atoms with Crippen LogP contribution in [0.25, 0.3) is 0 Å². The van der Waals surface area contributed by atoms with Crippen molar-refractivity contribution in [2.45, 2.75) is 31.7 Å². The summed E-state index contributed by atoms with van der Waals surface area (Å²) in [7, 11) is 1.60. The number of nitrogens with zero attached hydrogens (tertiary/aromatic N) is 2. The van der Waals surface area contributed by atoms with Gasteiger partial charge in [-0.05, 0) is 55.6 Å². The average molecular weight is 396 g/mol. The Morgan fingerprint density at radius 1 is 1.14 bits per heavy atom. The van der Waals surface area contributed by atoms with E-state index in [1.807, 2.05) is 30.3 Å². The van der Waals surface area contributed by atoms with Gasteiger partial charge in [-0.2, -0.15) is 0 Å². The van der Waals surface area contributed by atoms with Crippen molar-refractivity contribution in [3.63, 3.8) is 0 Å². The molecule has 0 aliphatic carbocycles. The molecule has 0 aromatic heterocycles. The van der Waals surface area contributed by atoms with Crippen LogP contribution in [-0.4, -0.2) is 49.5 Å². The Kier molecular flexibility index (Phi) is 7.25. The molecule has 1 aliphatic heterocycles. The molecule has 0 radical (unpaired) electrons. The molecule has 1 heterocycles. The summed E-state index contributed by atoms with van der Waals surface area (Å²) >= 11 is 0. The standard InChI is InChI=1S/C23H29N3O3/c1-29-21-11-9-19(10-12-21)26(15-13-22(24)27)23(28)17-25-14-5-8-20(25)16-18-6-3-2-4-7-18/h2-4,6-7,9-12,20H,5,8,13-17H2,1H3,(H2,24,27). The minimum Gasteiger partial charge on any atom is -0.497 e. The van der Waals surface area contributed by atoms with E-state index in [1.54, 1.807) is 12.0 Å². The second kappa shape index (κ2) is 10.1. The van der Waals surface area contributed by atoms with Crippen LogP contribution < -0.4 is 15.4 Å². The Balaban J connectivity index is 1.69. The molecule has 2 amide bonds. The van der Waals surface area contributed by atoms with Crippen molar-refractivity contribution in [2.24, 2.45) is 5.73 Å². The number of rotatable bonds is 9. The molecule has 0 spiro atoms. The summed E-state index contributed by atoms with van der Waals surface area (Å²) in [6.07, 6.45) is 3.25. The van der Waals surface area contributed by atoms with Crippen LogP contribution in [0.5, 0.6) is 5.75 Å². The third-order valence-corrected chi connectivity index (χ3v) is 5.42. The maximum atomic E-state index is 13.2. The van der Waals surface area contributed by atoms with E-state index in [1.165, 1.54) is 5.56 Å². The first-order chi connectivity index (χ1) is 14.1. The van der Waals surface area contributed by atoms with Gasteiger partial charge < -0.3 is 15.4 Å². The molecule has 6 nitrogen and oxygen atoms in total. The highest BCUT2D eigenvalue weighted by Gasteiger charge is 2.28. The lowest BCUT2D eigenvalue weighted by atomic mass is 10.0. The number of hydrogen-bond donors (Lipinski definition) is 1. The molecule has 6 heteroatoms. The van der Waals surface area contributed by atoms with E-state index in [-0.39, 0.29) is 18.9 Å². The lowest BCUT2D eigenvalue weighted by Gasteiger charge is -2.28. The quantitative estimate of drug-likeness (QED) is 0.708. The van der Waals surface area contributed by atoms with Gasteiger partial charge in [0.2, 0.25) is 11.8 Å². The second-order valence-electron chi connectivity index (χ2n) is 7.42. The van der Waals surface area contributed by atoms with E-state index in [9.17, 15) is 9.59 Å². The highest BCUT2D eigenvalue weighted by atomic mass is 16.5. The molecular weight excluding hydrogens is 366 g/mol. The average Bonchev–Trinajstić information content (AvgIpc) is 3.15. The molecule has 2 aromatic carbocycles. The van der Waals surface area contributed by atoms with Crippen LogP contribution in [0.4, 0.5) is 5.69 Å². The predicted octanol–water partition coefficient (Wildman–Crippen LogP) is 2.61. The summed E-state index contributed by atoms with van der Waals surface area (Å²) in [6.45, 7) is 1.52. The Morgan fingerprint density at radius 3 is 2.52 bits per heavy atom. The fourth-order valence-corrected chi connectivity index (χ4v) is 3.86. The Hall–Kier alpha value is -2.86. The van der Waals surface area contributed by atoms with Crippen LogP contribution in [0, 0.1) is 0 Å². The first kappa shape index (κ1) is 20.9. The van der Waals surface area contributed by atoms with Gasteiger partial charge in [0.1, 0.15) is 5.75 Å². The van der Waals surface area contributed by atoms with E-state index >= 15 is 0 Å². The fraction of sp³-hybridized carbons (Fsp3) is 0.391. The third kappa shape index (κ3) is 5.81. The molecule has 29 heavy (non-hydrogen) atoms. The summed E-state index contributed by atoms with van der Waals surface area (Å²) < 4.78 is 5.20. The number of carbonyl (C=O) groups is 2. The van der Waals surface area contributed by atoms with E-state index in [0.29, 0.717) is 12.6 Å². The van der Waals surface area contributed by atoms with Crippen molar-refractivity contribution < 1.29 is 14.3 Å². The van der Waals surface area contributed by atoms with Crippen molar-refractivity contribution in [1.82, 2.24) is 4.90 Å². The van der Waals surface area contributed by atoms with E-state index < -0.39 is 5.91 Å². The number of carbonyl (C=O) groups excluding carboxylic acids is 2. The summed E-state index contributed by atoms with van der Waals surface area (Å²) in [5, 5.41) is 0. The number of primary amides is 1. The molecule has 0 bridgehead atoms. The number of methoxy groups -OCH3 is 1. The topological polar surface area (TPSA) is 75.9 Å². The second-order valence-corrected chi connectivity index (χ2v) is 7.42. The van der Waals surface area contributed by atoms with Gasteiger partial charge in [-0.25, -0.2) is 0 Å². The van der Waals surface area contributed by atoms with Crippen molar-refractivity contribution in [2.75, 3.05) is 31.6 Å². The smallest absolute Gasteiger partial charge is 0.241 e. The van der Waals surface area contributed by atoms with E-state index in [4.69, 9.17) is 10.5 Å². The van der Waals surface area contributed by atoms with Gasteiger partial charge in [0.25, 0.3) is 0 Å². The molecule has 1 fully saturated rings. The molecule has 0 saturated carbocycles. The van der Waals surface area contributed by atoms with Gasteiger partial charge in [0.15, 0.2) is 0 Å². The summed E-state index contributed by atoms with van der Waals surface area (Å²) in [5.41, 5.74) is 7.36.